The smallest absolute Gasteiger partial charge is 0.324 e. The highest BCUT2D eigenvalue weighted by Gasteiger charge is 2.23. The van der Waals surface area contributed by atoms with E-state index in [0.717, 1.165) is 26.4 Å². The van der Waals surface area contributed by atoms with Crippen LogP contribution in [0.5, 0.6) is 0 Å². The SMILES string of the molecule is COP(=O)(O)Cc1cc(CP(=O)(O)OC)cc([N+](=O)[O-])c1. The molecule has 2 unspecified atom stereocenters. The summed E-state index contributed by atoms with van der Waals surface area (Å²) in [4.78, 5) is 29.0. The maximum absolute atomic E-state index is 11.5. The van der Waals surface area contributed by atoms with E-state index < -0.39 is 32.4 Å². The van der Waals surface area contributed by atoms with Crippen LogP contribution in [0, 0.1) is 10.1 Å². The number of hydrogen-bond acceptors (Lipinski definition) is 6. The van der Waals surface area contributed by atoms with E-state index in [2.05, 4.69) is 9.05 Å². The Morgan fingerprint density at radius 1 is 1.05 bits per heavy atom. The van der Waals surface area contributed by atoms with E-state index in [0.29, 0.717) is 0 Å². The largest absolute Gasteiger partial charge is 0.332 e. The van der Waals surface area contributed by atoms with Gasteiger partial charge < -0.3 is 18.8 Å². The molecule has 1 aromatic carbocycles. The first-order valence-corrected chi connectivity index (χ1v) is 9.13. The number of hydrogen-bond donors (Lipinski definition) is 2. The van der Waals surface area contributed by atoms with Crippen molar-refractivity contribution in [3.63, 3.8) is 0 Å². The van der Waals surface area contributed by atoms with Crippen LogP contribution in [0.2, 0.25) is 0 Å². The number of non-ortho nitro benzene ring substituents is 1. The lowest BCUT2D eigenvalue weighted by molar-refractivity contribution is -0.385. The second-order valence-corrected chi connectivity index (χ2v) is 8.13. The summed E-state index contributed by atoms with van der Waals surface area (Å²) < 4.78 is 31.9. The average molecular weight is 339 g/mol. The summed E-state index contributed by atoms with van der Waals surface area (Å²) in [5, 5.41) is 10.9. The van der Waals surface area contributed by atoms with Crippen LogP contribution >= 0.6 is 15.2 Å². The predicted molar refractivity (Wildman–Crippen MR) is 74.2 cm³/mol. The van der Waals surface area contributed by atoms with Crippen LogP contribution < -0.4 is 0 Å². The summed E-state index contributed by atoms with van der Waals surface area (Å²) >= 11 is 0. The maximum atomic E-state index is 11.5. The molecule has 0 aliphatic heterocycles. The van der Waals surface area contributed by atoms with Gasteiger partial charge in [0.05, 0.1) is 17.2 Å². The van der Waals surface area contributed by atoms with E-state index in [9.17, 15) is 29.0 Å². The average Bonchev–Trinajstić information content (AvgIpc) is 2.37. The molecular formula is C10H15NO8P2. The summed E-state index contributed by atoms with van der Waals surface area (Å²) in [6, 6.07) is 3.55. The molecule has 2 atom stereocenters. The molecule has 0 bridgehead atoms. The maximum Gasteiger partial charge on any atom is 0.332 e. The molecule has 0 aromatic heterocycles. The summed E-state index contributed by atoms with van der Waals surface area (Å²) in [6.07, 6.45) is -0.887. The van der Waals surface area contributed by atoms with Crippen molar-refractivity contribution in [2.75, 3.05) is 14.2 Å². The first-order valence-electron chi connectivity index (χ1n) is 5.61. The van der Waals surface area contributed by atoms with Gasteiger partial charge in [-0.2, -0.15) is 0 Å². The number of nitrogens with zero attached hydrogens (tertiary/aromatic N) is 1. The fraction of sp³-hybridized carbons (Fsp3) is 0.400. The molecule has 0 spiro atoms. The first-order chi connectivity index (χ1) is 9.58. The number of nitro benzene ring substituents is 1. The highest BCUT2D eigenvalue weighted by molar-refractivity contribution is 7.52. The normalized spacial score (nSPS) is 17.0. The molecule has 0 heterocycles. The van der Waals surface area contributed by atoms with Gasteiger partial charge in [-0.05, 0) is 11.1 Å². The minimum atomic E-state index is -3.91. The van der Waals surface area contributed by atoms with Crippen LogP contribution in [0.4, 0.5) is 5.69 Å². The monoisotopic (exact) mass is 339 g/mol. The Hall–Kier alpha value is -1.08. The van der Waals surface area contributed by atoms with Gasteiger partial charge in [-0.1, -0.05) is 6.07 Å². The Bertz CT molecular complexity index is 587. The van der Waals surface area contributed by atoms with Gasteiger partial charge in [0.25, 0.3) is 5.69 Å². The van der Waals surface area contributed by atoms with Crippen molar-refractivity contribution in [1.82, 2.24) is 0 Å². The second-order valence-electron chi connectivity index (χ2n) is 4.22. The fourth-order valence-electron chi connectivity index (χ4n) is 1.62. The van der Waals surface area contributed by atoms with Gasteiger partial charge in [-0.15, -0.1) is 0 Å². The minimum Gasteiger partial charge on any atom is -0.324 e. The van der Waals surface area contributed by atoms with Crippen molar-refractivity contribution in [3.8, 4) is 0 Å². The van der Waals surface area contributed by atoms with Crippen molar-refractivity contribution in [2.45, 2.75) is 12.3 Å². The quantitative estimate of drug-likeness (QED) is 0.438. The highest BCUT2D eigenvalue weighted by Crippen LogP contribution is 2.47. The molecule has 0 amide bonds. The van der Waals surface area contributed by atoms with Crippen LogP contribution in [-0.2, 0) is 30.5 Å². The Morgan fingerprint density at radius 3 is 1.71 bits per heavy atom. The van der Waals surface area contributed by atoms with E-state index in [1.165, 1.54) is 6.07 Å². The summed E-state index contributed by atoms with van der Waals surface area (Å²) in [7, 11) is -5.72. The van der Waals surface area contributed by atoms with Crippen LogP contribution in [0.25, 0.3) is 0 Å². The Kier molecular flexibility index (Phi) is 5.81. The molecule has 0 radical (unpaired) electrons. The van der Waals surface area contributed by atoms with Gasteiger partial charge in [0, 0.05) is 26.4 Å². The first kappa shape index (κ1) is 18.0. The van der Waals surface area contributed by atoms with Crippen molar-refractivity contribution >= 4 is 20.9 Å². The van der Waals surface area contributed by atoms with E-state index in [-0.39, 0.29) is 16.8 Å². The van der Waals surface area contributed by atoms with Crippen molar-refractivity contribution in [1.29, 1.82) is 0 Å². The molecule has 0 aliphatic rings. The van der Waals surface area contributed by atoms with Gasteiger partial charge in [0.15, 0.2) is 0 Å². The molecule has 0 aliphatic carbocycles. The molecule has 1 aromatic rings. The Morgan fingerprint density at radius 2 is 1.43 bits per heavy atom. The zero-order valence-electron chi connectivity index (χ0n) is 11.3. The summed E-state index contributed by atoms with van der Waals surface area (Å²) in [6.45, 7) is 0. The molecule has 0 saturated carbocycles. The lowest BCUT2D eigenvalue weighted by Gasteiger charge is -2.12. The van der Waals surface area contributed by atoms with E-state index in [4.69, 9.17) is 0 Å². The van der Waals surface area contributed by atoms with Gasteiger partial charge in [-0.3, -0.25) is 19.2 Å². The van der Waals surface area contributed by atoms with Crippen LogP contribution in [0.3, 0.4) is 0 Å². The molecule has 0 fully saturated rings. The third-order valence-corrected chi connectivity index (χ3v) is 5.25. The van der Waals surface area contributed by atoms with Crippen LogP contribution in [-0.4, -0.2) is 28.9 Å². The molecule has 2 N–H and O–H groups in total. The van der Waals surface area contributed by atoms with Crippen molar-refractivity contribution in [2.24, 2.45) is 0 Å². The third-order valence-electron chi connectivity index (χ3n) is 2.58. The third kappa shape index (κ3) is 5.67. The zero-order valence-corrected chi connectivity index (χ0v) is 13.1. The lowest BCUT2D eigenvalue weighted by atomic mass is 10.1. The lowest BCUT2D eigenvalue weighted by Crippen LogP contribution is -1.98. The van der Waals surface area contributed by atoms with Crippen LogP contribution in [0.15, 0.2) is 18.2 Å². The molecule has 11 heteroatoms. The fourth-order valence-corrected chi connectivity index (χ4v) is 3.17. The molecular weight excluding hydrogens is 324 g/mol. The number of nitro groups is 1. The van der Waals surface area contributed by atoms with Gasteiger partial charge >= 0.3 is 15.2 Å². The van der Waals surface area contributed by atoms with Crippen molar-refractivity contribution in [3.05, 3.63) is 39.4 Å². The summed E-state index contributed by atoms with van der Waals surface area (Å²) in [5.41, 5.74) is -0.0410. The van der Waals surface area contributed by atoms with E-state index in [1.54, 1.807) is 0 Å². The van der Waals surface area contributed by atoms with Crippen molar-refractivity contribution < 1.29 is 32.9 Å². The molecule has 0 saturated heterocycles. The zero-order chi connectivity index (χ0) is 16.3. The van der Waals surface area contributed by atoms with Crippen LogP contribution in [0.1, 0.15) is 11.1 Å². The standard InChI is InChI=1S/C10H15NO8P2/c1-18-20(14,15)6-8-3-9(7-21(16,17)19-2)5-10(4-8)11(12)13/h3-5H,6-7H2,1-2H3,(H,14,15)(H,16,17). The number of benzene rings is 1. The molecule has 21 heavy (non-hydrogen) atoms. The molecule has 9 nitrogen and oxygen atoms in total. The van der Waals surface area contributed by atoms with Gasteiger partial charge in [0.2, 0.25) is 0 Å². The van der Waals surface area contributed by atoms with Gasteiger partial charge in [-0.25, -0.2) is 0 Å². The second kappa shape index (κ2) is 6.79. The Labute approximate surface area is 120 Å². The minimum absolute atomic E-state index is 0.156. The topological polar surface area (TPSA) is 136 Å². The molecule has 1 rings (SSSR count). The number of rotatable bonds is 7. The predicted octanol–water partition coefficient (Wildman–Crippen LogP) is 2.26. The summed E-state index contributed by atoms with van der Waals surface area (Å²) in [5.74, 6) is 0. The molecule has 118 valence electrons. The van der Waals surface area contributed by atoms with Gasteiger partial charge in [0.1, 0.15) is 0 Å². The van der Waals surface area contributed by atoms with E-state index in [1.807, 2.05) is 0 Å². The van der Waals surface area contributed by atoms with E-state index >= 15 is 0 Å². The highest BCUT2D eigenvalue weighted by atomic mass is 31.2. The Balaban J connectivity index is 3.21.